The fourth-order valence-electron chi connectivity index (χ4n) is 3.17. The molecule has 25 heavy (non-hydrogen) atoms. The van der Waals surface area contributed by atoms with Crippen LogP contribution in [0.5, 0.6) is 0 Å². The van der Waals surface area contributed by atoms with Crippen molar-refractivity contribution >= 4 is 28.3 Å². The van der Waals surface area contributed by atoms with Crippen molar-refractivity contribution in [3.8, 4) is 11.8 Å². The standard InChI is InChI=1S/C19H15ClN4O/c1-22-18-14-8-12(10-21)13(11-6-7-11)9-17(14)24(19(25)23-18)16-5-3-2-4-15(16)20/h2-5,8-9,11H,6-7H2,1H3,(H,22,23,25). The van der Waals surface area contributed by atoms with Crippen molar-refractivity contribution in [3.05, 3.63) is 63.0 Å². The summed E-state index contributed by atoms with van der Waals surface area (Å²) in [5.74, 6) is 0.849. The van der Waals surface area contributed by atoms with Gasteiger partial charge in [0.1, 0.15) is 5.82 Å². The third-order valence-electron chi connectivity index (χ3n) is 4.53. The van der Waals surface area contributed by atoms with E-state index in [2.05, 4.69) is 16.4 Å². The van der Waals surface area contributed by atoms with Crippen LogP contribution in [0, 0.1) is 11.3 Å². The lowest BCUT2D eigenvalue weighted by Gasteiger charge is -2.15. The maximum absolute atomic E-state index is 12.7. The van der Waals surface area contributed by atoms with Gasteiger partial charge >= 0.3 is 5.69 Å². The Morgan fingerprint density at radius 1 is 1.32 bits per heavy atom. The monoisotopic (exact) mass is 350 g/mol. The number of para-hydroxylation sites is 1. The minimum atomic E-state index is -0.406. The summed E-state index contributed by atoms with van der Waals surface area (Å²) in [6, 6.07) is 13.2. The zero-order chi connectivity index (χ0) is 17.6. The molecule has 0 atom stereocenters. The van der Waals surface area contributed by atoms with E-state index in [0.29, 0.717) is 33.5 Å². The van der Waals surface area contributed by atoms with Crippen LogP contribution in [0.15, 0.2) is 41.2 Å². The number of nitrogens with zero attached hydrogens (tertiary/aromatic N) is 3. The van der Waals surface area contributed by atoms with E-state index in [1.54, 1.807) is 19.2 Å². The lowest BCUT2D eigenvalue weighted by Crippen LogP contribution is -2.23. The van der Waals surface area contributed by atoms with Crippen molar-refractivity contribution in [2.24, 2.45) is 0 Å². The van der Waals surface area contributed by atoms with Crippen LogP contribution >= 0.6 is 11.6 Å². The number of hydrogen-bond acceptors (Lipinski definition) is 4. The predicted molar refractivity (Wildman–Crippen MR) is 98.6 cm³/mol. The van der Waals surface area contributed by atoms with Gasteiger partial charge in [-0.05, 0) is 48.6 Å². The Bertz CT molecular complexity index is 1090. The van der Waals surface area contributed by atoms with E-state index in [4.69, 9.17) is 11.6 Å². The van der Waals surface area contributed by atoms with Crippen molar-refractivity contribution in [1.82, 2.24) is 9.55 Å². The van der Waals surface area contributed by atoms with E-state index in [1.807, 2.05) is 24.3 Å². The molecule has 0 unspecified atom stereocenters. The van der Waals surface area contributed by atoms with E-state index in [-0.39, 0.29) is 0 Å². The van der Waals surface area contributed by atoms with Crippen LogP contribution in [-0.2, 0) is 0 Å². The number of nitrogens with one attached hydrogen (secondary N) is 1. The van der Waals surface area contributed by atoms with Crippen molar-refractivity contribution < 1.29 is 0 Å². The molecule has 2 aromatic carbocycles. The molecule has 0 spiro atoms. The zero-order valence-electron chi connectivity index (χ0n) is 13.6. The number of fused-ring (bicyclic) bond motifs is 1. The summed E-state index contributed by atoms with van der Waals surface area (Å²) in [5, 5.41) is 13.7. The highest BCUT2D eigenvalue weighted by molar-refractivity contribution is 6.32. The minimum absolute atomic E-state index is 0.389. The summed E-state index contributed by atoms with van der Waals surface area (Å²) >= 11 is 6.32. The fourth-order valence-corrected chi connectivity index (χ4v) is 3.39. The van der Waals surface area contributed by atoms with Gasteiger partial charge in [0.25, 0.3) is 0 Å². The van der Waals surface area contributed by atoms with Gasteiger partial charge in [0.15, 0.2) is 0 Å². The van der Waals surface area contributed by atoms with Crippen molar-refractivity contribution in [2.45, 2.75) is 18.8 Å². The Kier molecular flexibility index (Phi) is 3.70. The summed E-state index contributed by atoms with van der Waals surface area (Å²) in [7, 11) is 1.71. The number of halogens is 1. The maximum Gasteiger partial charge on any atom is 0.354 e. The average molecular weight is 351 g/mol. The third kappa shape index (κ3) is 2.55. The van der Waals surface area contributed by atoms with Gasteiger partial charge in [0.05, 0.1) is 27.9 Å². The summed E-state index contributed by atoms with van der Waals surface area (Å²) in [5.41, 5.74) is 2.51. The first-order chi connectivity index (χ1) is 12.1. The zero-order valence-corrected chi connectivity index (χ0v) is 14.3. The van der Waals surface area contributed by atoms with E-state index < -0.39 is 5.69 Å². The summed E-state index contributed by atoms with van der Waals surface area (Å²) in [6.45, 7) is 0. The second kappa shape index (κ2) is 5.91. The minimum Gasteiger partial charge on any atom is -0.372 e. The molecule has 3 aromatic rings. The molecule has 1 N–H and O–H groups in total. The highest BCUT2D eigenvalue weighted by Gasteiger charge is 2.27. The number of hydrogen-bond donors (Lipinski definition) is 1. The molecule has 1 fully saturated rings. The smallest absolute Gasteiger partial charge is 0.354 e. The molecular weight excluding hydrogens is 336 g/mol. The van der Waals surface area contributed by atoms with E-state index in [0.717, 1.165) is 23.8 Å². The molecule has 1 aliphatic carbocycles. The second-order valence-electron chi connectivity index (χ2n) is 6.12. The first kappa shape index (κ1) is 15.7. The molecule has 1 saturated carbocycles. The molecule has 5 nitrogen and oxygen atoms in total. The van der Waals surface area contributed by atoms with Gasteiger partial charge in [-0.1, -0.05) is 23.7 Å². The van der Waals surface area contributed by atoms with Gasteiger partial charge in [0, 0.05) is 12.4 Å². The van der Waals surface area contributed by atoms with E-state index >= 15 is 0 Å². The van der Waals surface area contributed by atoms with Crippen molar-refractivity contribution in [3.63, 3.8) is 0 Å². The molecule has 1 aromatic heterocycles. The Morgan fingerprint density at radius 2 is 2.08 bits per heavy atom. The molecule has 124 valence electrons. The molecule has 0 amide bonds. The van der Waals surface area contributed by atoms with Gasteiger partial charge in [0.2, 0.25) is 0 Å². The molecule has 1 heterocycles. The SMILES string of the molecule is CNc1nc(=O)n(-c2ccccc2Cl)c2cc(C3CC3)c(C#N)cc12. The molecule has 6 heteroatoms. The summed E-state index contributed by atoms with van der Waals surface area (Å²) in [6.07, 6.45) is 2.14. The van der Waals surface area contributed by atoms with E-state index in [9.17, 15) is 10.1 Å². The molecule has 1 aliphatic rings. The van der Waals surface area contributed by atoms with Crippen LogP contribution in [0.2, 0.25) is 5.02 Å². The molecule has 0 radical (unpaired) electrons. The van der Waals surface area contributed by atoms with Crippen LogP contribution < -0.4 is 11.0 Å². The number of nitriles is 1. The third-order valence-corrected chi connectivity index (χ3v) is 4.85. The number of anilines is 1. The lowest BCUT2D eigenvalue weighted by molar-refractivity contribution is 0.957. The van der Waals surface area contributed by atoms with Gasteiger partial charge in [-0.3, -0.25) is 4.57 Å². The molecule has 0 aliphatic heterocycles. The Balaban J connectivity index is 2.14. The van der Waals surface area contributed by atoms with Crippen LogP contribution in [0.4, 0.5) is 5.82 Å². The maximum atomic E-state index is 12.7. The molecular formula is C19H15ClN4O. The average Bonchev–Trinajstić information content (AvgIpc) is 3.46. The largest absolute Gasteiger partial charge is 0.372 e. The lowest BCUT2D eigenvalue weighted by atomic mass is 10.0. The summed E-state index contributed by atoms with van der Waals surface area (Å²) in [4.78, 5) is 16.8. The Labute approximate surface area is 149 Å². The fraction of sp³-hybridized carbons (Fsp3) is 0.211. The summed E-state index contributed by atoms with van der Waals surface area (Å²) < 4.78 is 1.52. The van der Waals surface area contributed by atoms with Gasteiger partial charge in [-0.2, -0.15) is 10.2 Å². The molecule has 0 saturated heterocycles. The first-order valence-corrected chi connectivity index (χ1v) is 8.45. The highest BCUT2D eigenvalue weighted by Crippen LogP contribution is 2.43. The Hall–Kier alpha value is -2.84. The molecule has 0 bridgehead atoms. The number of aromatic nitrogens is 2. The van der Waals surface area contributed by atoms with Gasteiger partial charge in [-0.15, -0.1) is 0 Å². The Morgan fingerprint density at radius 3 is 2.72 bits per heavy atom. The number of benzene rings is 2. The number of rotatable bonds is 3. The van der Waals surface area contributed by atoms with Gasteiger partial charge in [-0.25, -0.2) is 4.79 Å². The second-order valence-corrected chi connectivity index (χ2v) is 6.53. The van der Waals surface area contributed by atoms with Crippen molar-refractivity contribution in [2.75, 3.05) is 12.4 Å². The van der Waals surface area contributed by atoms with Crippen LogP contribution in [0.25, 0.3) is 16.6 Å². The topological polar surface area (TPSA) is 70.7 Å². The van der Waals surface area contributed by atoms with Crippen LogP contribution in [-0.4, -0.2) is 16.6 Å². The van der Waals surface area contributed by atoms with Crippen LogP contribution in [0.1, 0.15) is 29.9 Å². The quantitative estimate of drug-likeness (QED) is 0.779. The first-order valence-electron chi connectivity index (χ1n) is 8.07. The normalized spacial score (nSPS) is 13.6. The predicted octanol–water partition coefficient (Wildman–Crippen LogP) is 3.83. The molecule has 4 rings (SSSR count). The van der Waals surface area contributed by atoms with E-state index in [1.165, 1.54) is 4.57 Å². The van der Waals surface area contributed by atoms with Crippen LogP contribution in [0.3, 0.4) is 0 Å². The van der Waals surface area contributed by atoms with Gasteiger partial charge < -0.3 is 5.32 Å². The van der Waals surface area contributed by atoms with Crippen molar-refractivity contribution in [1.29, 1.82) is 5.26 Å². The highest BCUT2D eigenvalue weighted by atomic mass is 35.5.